The average molecular weight is 248 g/mol. The number of nitrogens with two attached hydrogens (primary N) is 1. The summed E-state index contributed by atoms with van der Waals surface area (Å²) in [4.78, 5) is 20.0. The molecule has 1 aliphatic rings. The molecule has 0 bridgehead atoms. The molecule has 5 heteroatoms. The van der Waals surface area contributed by atoms with E-state index in [1.807, 2.05) is 0 Å². The number of carbonyl (C=O) groups is 1. The van der Waals surface area contributed by atoms with Gasteiger partial charge >= 0.3 is 0 Å². The molecule has 0 atom stereocenters. The fourth-order valence-corrected chi connectivity index (χ4v) is 3.17. The van der Waals surface area contributed by atoms with Crippen LogP contribution in [-0.2, 0) is 0 Å². The molecule has 1 aromatic heterocycles. The Morgan fingerprint density at radius 1 is 1.28 bits per heavy atom. The summed E-state index contributed by atoms with van der Waals surface area (Å²) in [5.41, 5.74) is 6.28. The Morgan fingerprint density at radius 3 is 2.39 bits per heavy atom. The molecule has 0 aromatic carbocycles. The predicted molar refractivity (Wildman–Crippen MR) is 68.8 cm³/mol. The first-order valence-electron chi connectivity index (χ1n) is 6.10. The zero-order valence-electron chi connectivity index (χ0n) is 11.3. The lowest BCUT2D eigenvalue weighted by Crippen LogP contribution is -2.76. The van der Waals surface area contributed by atoms with E-state index in [4.69, 9.17) is 5.73 Å². The van der Waals surface area contributed by atoms with Crippen LogP contribution in [0.1, 0.15) is 38.2 Å². The van der Waals surface area contributed by atoms with Crippen LogP contribution < -0.4 is 11.1 Å². The molecule has 18 heavy (non-hydrogen) atoms. The zero-order chi connectivity index (χ0) is 13.6. The van der Waals surface area contributed by atoms with E-state index in [9.17, 15) is 4.79 Å². The maximum atomic E-state index is 12.1. The molecular formula is C13H20N4O. The third-order valence-electron chi connectivity index (χ3n) is 4.16. The number of nitrogens with one attached hydrogen (secondary N) is 1. The summed E-state index contributed by atoms with van der Waals surface area (Å²) >= 11 is 0. The first kappa shape index (κ1) is 13.0. The smallest absolute Gasteiger partial charge is 0.271 e. The summed E-state index contributed by atoms with van der Waals surface area (Å²) in [6.07, 6.45) is 4.52. The van der Waals surface area contributed by atoms with E-state index in [1.165, 1.54) is 12.4 Å². The number of hydrogen-bond donors (Lipinski definition) is 2. The number of amides is 1. The Kier molecular flexibility index (Phi) is 2.89. The van der Waals surface area contributed by atoms with Gasteiger partial charge in [-0.2, -0.15) is 0 Å². The molecule has 98 valence electrons. The minimum atomic E-state index is -0.193. The molecule has 1 heterocycles. The Labute approximate surface area is 107 Å². The van der Waals surface area contributed by atoms with Crippen LogP contribution in [0.4, 0.5) is 0 Å². The monoisotopic (exact) mass is 248 g/mol. The fraction of sp³-hybridized carbons (Fsp3) is 0.615. The second-order valence-corrected chi connectivity index (χ2v) is 6.12. The van der Waals surface area contributed by atoms with Crippen LogP contribution in [0.25, 0.3) is 0 Å². The standard InChI is InChI=1S/C13H20N4O/c1-12(2)10(14)13(3,4)11(12)17-9(18)8-7-15-5-6-16-8/h5-7,10-11H,14H2,1-4H3,(H,17,18). The quantitative estimate of drug-likeness (QED) is 0.817. The zero-order valence-corrected chi connectivity index (χ0v) is 11.3. The van der Waals surface area contributed by atoms with Crippen LogP contribution in [0.5, 0.6) is 0 Å². The van der Waals surface area contributed by atoms with E-state index in [-0.39, 0.29) is 28.8 Å². The molecule has 0 radical (unpaired) electrons. The van der Waals surface area contributed by atoms with Gasteiger partial charge in [-0.05, 0) is 0 Å². The van der Waals surface area contributed by atoms with Crippen molar-refractivity contribution in [3.8, 4) is 0 Å². The Balaban J connectivity index is 2.13. The van der Waals surface area contributed by atoms with Crippen LogP contribution in [0.3, 0.4) is 0 Å². The second-order valence-electron chi connectivity index (χ2n) is 6.12. The van der Waals surface area contributed by atoms with E-state index < -0.39 is 0 Å². The van der Waals surface area contributed by atoms with Crippen LogP contribution >= 0.6 is 0 Å². The number of aromatic nitrogens is 2. The number of nitrogens with zero attached hydrogens (tertiary/aromatic N) is 2. The van der Waals surface area contributed by atoms with Crippen molar-refractivity contribution in [1.82, 2.24) is 15.3 Å². The maximum Gasteiger partial charge on any atom is 0.271 e. The summed E-state index contributed by atoms with van der Waals surface area (Å²) in [7, 11) is 0. The Bertz CT molecular complexity index is 439. The highest BCUT2D eigenvalue weighted by atomic mass is 16.2. The van der Waals surface area contributed by atoms with Crippen LogP contribution in [0, 0.1) is 10.8 Å². The molecule has 0 spiro atoms. The third kappa shape index (κ3) is 1.79. The van der Waals surface area contributed by atoms with Crippen molar-refractivity contribution < 1.29 is 4.79 Å². The van der Waals surface area contributed by atoms with Gasteiger partial charge in [0.15, 0.2) is 0 Å². The van der Waals surface area contributed by atoms with Gasteiger partial charge in [0, 0.05) is 35.3 Å². The van der Waals surface area contributed by atoms with E-state index in [0.717, 1.165) is 0 Å². The van der Waals surface area contributed by atoms with Crippen LogP contribution in [-0.4, -0.2) is 28.0 Å². The molecule has 1 amide bonds. The van der Waals surface area contributed by atoms with Crippen molar-refractivity contribution in [2.24, 2.45) is 16.6 Å². The van der Waals surface area contributed by atoms with Crippen LogP contribution in [0.15, 0.2) is 18.6 Å². The first-order chi connectivity index (χ1) is 8.28. The molecule has 5 nitrogen and oxygen atoms in total. The third-order valence-corrected chi connectivity index (χ3v) is 4.16. The van der Waals surface area contributed by atoms with Gasteiger partial charge in [0.2, 0.25) is 0 Å². The van der Waals surface area contributed by atoms with E-state index >= 15 is 0 Å². The Hall–Kier alpha value is -1.49. The molecule has 1 fully saturated rings. The van der Waals surface area contributed by atoms with E-state index in [0.29, 0.717) is 5.69 Å². The van der Waals surface area contributed by atoms with Gasteiger partial charge in [0.05, 0.1) is 6.20 Å². The van der Waals surface area contributed by atoms with Crippen molar-refractivity contribution in [3.05, 3.63) is 24.3 Å². The number of carbonyl (C=O) groups excluding carboxylic acids is 1. The fourth-order valence-electron chi connectivity index (χ4n) is 3.17. The first-order valence-corrected chi connectivity index (χ1v) is 6.10. The lowest BCUT2D eigenvalue weighted by Gasteiger charge is -2.62. The molecule has 3 N–H and O–H groups in total. The summed E-state index contributed by atoms with van der Waals surface area (Å²) in [5.74, 6) is -0.193. The Morgan fingerprint density at radius 2 is 1.89 bits per heavy atom. The van der Waals surface area contributed by atoms with Crippen LogP contribution in [0.2, 0.25) is 0 Å². The maximum absolute atomic E-state index is 12.1. The van der Waals surface area contributed by atoms with Gasteiger partial charge < -0.3 is 11.1 Å². The lowest BCUT2D eigenvalue weighted by molar-refractivity contribution is -0.0664. The highest BCUT2D eigenvalue weighted by Gasteiger charge is 2.60. The summed E-state index contributed by atoms with van der Waals surface area (Å²) < 4.78 is 0. The van der Waals surface area contributed by atoms with Crippen molar-refractivity contribution in [2.75, 3.05) is 0 Å². The normalized spacial score (nSPS) is 28.3. The van der Waals surface area contributed by atoms with Gasteiger partial charge in [0.1, 0.15) is 5.69 Å². The van der Waals surface area contributed by atoms with Crippen molar-refractivity contribution in [2.45, 2.75) is 39.8 Å². The topological polar surface area (TPSA) is 80.9 Å². The molecule has 0 saturated heterocycles. The van der Waals surface area contributed by atoms with Gasteiger partial charge in [-0.25, -0.2) is 4.98 Å². The average Bonchev–Trinajstić information content (AvgIpc) is 2.35. The van der Waals surface area contributed by atoms with Gasteiger partial charge in [-0.3, -0.25) is 9.78 Å². The van der Waals surface area contributed by atoms with Crippen molar-refractivity contribution in [1.29, 1.82) is 0 Å². The highest BCUT2D eigenvalue weighted by Crippen LogP contribution is 2.52. The predicted octanol–water partition coefficient (Wildman–Crippen LogP) is 0.968. The molecule has 1 saturated carbocycles. The van der Waals surface area contributed by atoms with E-state index in [2.05, 4.69) is 43.0 Å². The van der Waals surface area contributed by atoms with Gasteiger partial charge in [0.25, 0.3) is 5.91 Å². The summed E-state index contributed by atoms with van der Waals surface area (Å²) in [6.45, 7) is 8.30. The molecular weight excluding hydrogens is 228 g/mol. The highest BCUT2D eigenvalue weighted by molar-refractivity contribution is 5.92. The van der Waals surface area contributed by atoms with Gasteiger partial charge in [-0.1, -0.05) is 27.7 Å². The minimum Gasteiger partial charge on any atom is -0.347 e. The lowest BCUT2D eigenvalue weighted by atomic mass is 9.48. The summed E-state index contributed by atoms with van der Waals surface area (Å²) in [6, 6.07) is 0.103. The largest absolute Gasteiger partial charge is 0.347 e. The van der Waals surface area contributed by atoms with Crippen molar-refractivity contribution in [3.63, 3.8) is 0 Å². The SMILES string of the molecule is CC1(C)C(N)C(C)(C)C1NC(=O)c1cnccn1. The van der Waals surface area contributed by atoms with E-state index in [1.54, 1.807) is 6.20 Å². The van der Waals surface area contributed by atoms with Crippen molar-refractivity contribution >= 4 is 5.91 Å². The minimum absolute atomic E-state index is 0.0366. The molecule has 2 rings (SSSR count). The molecule has 1 aliphatic carbocycles. The summed E-state index contributed by atoms with van der Waals surface area (Å²) in [5, 5.41) is 3.02. The molecule has 1 aromatic rings. The molecule has 0 unspecified atom stereocenters. The number of rotatable bonds is 2. The number of hydrogen-bond acceptors (Lipinski definition) is 4. The second kappa shape index (κ2) is 4.02. The van der Waals surface area contributed by atoms with Gasteiger partial charge in [-0.15, -0.1) is 0 Å². The molecule has 0 aliphatic heterocycles.